The summed E-state index contributed by atoms with van der Waals surface area (Å²) in [4.78, 5) is 15.4. The Morgan fingerprint density at radius 1 is 1.24 bits per heavy atom. The fourth-order valence-electron chi connectivity index (χ4n) is 7.13. The van der Waals surface area contributed by atoms with E-state index in [0.717, 1.165) is 19.4 Å². The number of pyridine rings is 1. The summed E-state index contributed by atoms with van der Waals surface area (Å²) in [6, 6.07) is 5.51. The maximum atomic E-state index is 16.7. The molecule has 7 rings (SSSR count). The van der Waals surface area contributed by atoms with Crippen LogP contribution in [0.15, 0.2) is 30.5 Å². The topological polar surface area (TPSA) is 142 Å². The third kappa shape index (κ3) is 5.38. The van der Waals surface area contributed by atoms with Gasteiger partial charge >= 0.3 is 6.01 Å². The third-order valence-corrected chi connectivity index (χ3v) is 10.6. The van der Waals surface area contributed by atoms with Gasteiger partial charge in [0, 0.05) is 37.8 Å². The first-order valence-corrected chi connectivity index (χ1v) is 16.7. The smallest absolute Gasteiger partial charge is 0.319 e. The fraction of sp³-hybridized carbons (Fsp3) is 0.452. The highest BCUT2D eigenvalue weighted by Gasteiger charge is 2.49. The highest BCUT2D eigenvalue weighted by atomic mass is 32.2. The van der Waals surface area contributed by atoms with E-state index in [9.17, 15) is 22.3 Å². The molecule has 15 heteroatoms. The van der Waals surface area contributed by atoms with E-state index in [1.54, 1.807) is 13.8 Å². The summed E-state index contributed by atoms with van der Waals surface area (Å²) in [6.45, 7) is 4.87. The predicted molar refractivity (Wildman–Crippen MR) is 167 cm³/mol. The number of anilines is 1. The molecule has 2 aromatic carbocycles. The van der Waals surface area contributed by atoms with Crippen molar-refractivity contribution in [3.05, 3.63) is 47.7 Å². The monoisotopic (exact) mass is 657 g/mol. The Morgan fingerprint density at radius 3 is 2.83 bits per heavy atom. The Kier molecular flexibility index (Phi) is 7.49. The van der Waals surface area contributed by atoms with Crippen LogP contribution in [0.3, 0.4) is 0 Å². The molecule has 0 saturated carbocycles. The highest BCUT2D eigenvalue weighted by Crippen LogP contribution is 2.41. The number of nitrogens with zero attached hydrogens (tertiary/aromatic N) is 4. The molecule has 0 spiro atoms. The molecule has 0 bridgehead atoms. The third-order valence-electron chi connectivity index (χ3n) is 9.34. The van der Waals surface area contributed by atoms with E-state index >= 15 is 4.39 Å². The van der Waals surface area contributed by atoms with Crippen molar-refractivity contribution in [1.29, 1.82) is 0 Å². The van der Waals surface area contributed by atoms with Crippen molar-refractivity contribution in [2.24, 2.45) is 0 Å². The second-order valence-corrected chi connectivity index (χ2v) is 14.2. The Hall–Kier alpha value is -3.79. The quantitative estimate of drug-likeness (QED) is 0.222. The molecule has 3 aliphatic rings. The van der Waals surface area contributed by atoms with Gasteiger partial charge in [-0.1, -0.05) is 13.0 Å². The van der Waals surface area contributed by atoms with Gasteiger partial charge in [0.25, 0.3) is 10.2 Å². The molecule has 3 saturated heterocycles. The number of rotatable bonds is 8. The number of fused-ring (bicyclic) bond motifs is 3. The highest BCUT2D eigenvalue weighted by molar-refractivity contribution is 7.87. The first-order valence-electron chi connectivity index (χ1n) is 15.2. The zero-order valence-corrected chi connectivity index (χ0v) is 26.1. The van der Waals surface area contributed by atoms with Crippen molar-refractivity contribution in [3.63, 3.8) is 0 Å². The minimum atomic E-state index is -3.67. The molecule has 2 aromatic heterocycles. The molecule has 4 N–H and O–H groups in total. The number of halogens is 3. The molecule has 3 aliphatic heterocycles. The summed E-state index contributed by atoms with van der Waals surface area (Å²) in [5.74, 6) is -1.29. The van der Waals surface area contributed by atoms with E-state index in [4.69, 9.17) is 4.74 Å². The van der Waals surface area contributed by atoms with Crippen molar-refractivity contribution in [2.75, 3.05) is 38.1 Å². The minimum absolute atomic E-state index is 0.0751. The second kappa shape index (κ2) is 11.2. The largest absolute Gasteiger partial charge is 0.508 e. The maximum absolute atomic E-state index is 16.7. The first-order chi connectivity index (χ1) is 21.9. The second-order valence-electron chi connectivity index (χ2n) is 12.7. The van der Waals surface area contributed by atoms with Crippen LogP contribution in [0.25, 0.3) is 32.9 Å². The number of hydrogen-bond donors (Lipinski definition) is 4. The van der Waals surface area contributed by atoms with Gasteiger partial charge in [-0.2, -0.15) is 23.1 Å². The molecule has 11 nitrogen and oxygen atoms in total. The molecule has 46 heavy (non-hydrogen) atoms. The van der Waals surface area contributed by atoms with Gasteiger partial charge in [-0.25, -0.2) is 17.9 Å². The number of nitrogens with one attached hydrogen (secondary N) is 3. The number of aromatic hydroxyl groups is 1. The molecule has 0 aliphatic carbocycles. The van der Waals surface area contributed by atoms with Crippen molar-refractivity contribution in [3.8, 4) is 23.0 Å². The summed E-state index contributed by atoms with van der Waals surface area (Å²) in [7, 11) is -3.67. The molecule has 0 radical (unpaired) electrons. The lowest BCUT2D eigenvalue weighted by Crippen LogP contribution is -2.46. The van der Waals surface area contributed by atoms with Crippen LogP contribution in [0.2, 0.25) is 0 Å². The molecule has 4 aromatic rings. The van der Waals surface area contributed by atoms with Crippen molar-refractivity contribution in [2.45, 2.75) is 56.8 Å². The summed E-state index contributed by atoms with van der Waals surface area (Å²) in [5.41, 5.74) is -1.18. The summed E-state index contributed by atoms with van der Waals surface area (Å²) in [5, 5.41) is 14.8. The molecule has 244 valence electrons. The van der Waals surface area contributed by atoms with Gasteiger partial charge in [0.1, 0.15) is 41.4 Å². The number of benzene rings is 2. The van der Waals surface area contributed by atoms with Crippen LogP contribution < -0.4 is 19.5 Å². The predicted octanol–water partition coefficient (Wildman–Crippen LogP) is 3.95. The van der Waals surface area contributed by atoms with E-state index in [1.165, 1.54) is 30.5 Å². The normalized spacial score (nSPS) is 25.8. The van der Waals surface area contributed by atoms with Gasteiger partial charge in [-0.05, 0) is 67.3 Å². The van der Waals surface area contributed by atoms with Crippen LogP contribution in [0, 0.1) is 11.6 Å². The van der Waals surface area contributed by atoms with Crippen LogP contribution in [0.5, 0.6) is 11.8 Å². The average Bonchev–Trinajstić information content (AvgIpc) is 3.63. The van der Waals surface area contributed by atoms with Crippen LogP contribution in [-0.2, 0) is 16.6 Å². The SMILES string of the molecule is CCc1c(F)ccc2cc(O)cc(-c3ncc4c(NCC5(C)CNS(=O)(=O)N5)nc(OC[C@@]56CCCN5C[C@H](F)C6)nc4c3F)c12. The minimum Gasteiger partial charge on any atom is -0.508 e. The number of aromatic nitrogens is 3. The zero-order chi connectivity index (χ0) is 32.4. The van der Waals surface area contributed by atoms with Crippen LogP contribution in [0.4, 0.5) is 19.0 Å². The van der Waals surface area contributed by atoms with Crippen molar-refractivity contribution in [1.82, 2.24) is 29.3 Å². The van der Waals surface area contributed by atoms with Gasteiger partial charge in [0.2, 0.25) is 0 Å². The molecule has 0 amide bonds. The number of hydrogen-bond acceptors (Lipinski definition) is 9. The van der Waals surface area contributed by atoms with Gasteiger partial charge in [0.15, 0.2) is 5.82 Å². The number of ether oxygens (including phenoxy) is 1. The van der Waals surface area contributed by atoms with Crippen LogP contribution in [0.1, 0.15) is 38.7 Å². The summed E-state index contributed by atoms with van der Waals surface area (Å²) in [6.07, 6.45) is 2.71. The van der Waals surface area contributed by atoms with Gasteiger partial charge in [0.05, 0.1) is 16.5 Å². The lowest BCUT2D eigenvalue weighted by atomic mass is 9.94. The van der Waals surface area contributed by atoms with Gasteiger partial charge < -0.3 is 15.2 Å². The Labute approximate surface area is 263 Å². The molecule has 1 unspecified atom stereocenters. The van der Waals surface area contributed by atoms with E-state index in [1.807, 2.05) is 0 Å². The first kappa shape index (κ1) is 30.8. The van der Waals surface area contributed by atoms with Crippen molar-refractivity contribution < 1.29 is 31.4 Å². The van der Waals surface area contributed by atoms with E-state index in [2.05, 4.69) is 34.6 Å². The molecular formula is C31H34F3N7O4S. The number of phenols is 1. The van der Waals surface area contributed by atoms with Crippen LogP contribution >= 0.6 is 0 Å². The number of alkyl halides is 1. The fourth-order valence-corrected chi connectivity index (χ4v) is 8.51. The van der Waals surface area contributed by atoms with Gasteiger partial charge in [-0.3, -0.25) is 9.88 Å². The van der Waals surface area contributed by atoms with Crippen LogP contribution in [-0.4, -0.2) is 83.4 Å². The Bertz CT molecular complexity index is 1980. The molecule has 5 heterocycles. The standard InChI is InChI=1S/C31H34F3N7O4S/c1-3-20-23(33)6-5-17-9-19(42)10-21(24(17)20)26-25(34)27-22(12-35-26)28(36-14-30(2)15-37-46(43,44)40-30)39-29(38-27)45-16-31-7-4-8-41(31)13-18(32)11-31/h5-6,9-10,12,18,37,40,42H,3-4,7-8,11,13-16H2,1-2H3,(H,36,38,39)/t18-,30?,31+/m1/s1. The number of phenolic OH excluding ortho intramolecular Hbond substituents is 1. The lowest BCUT2D eigenvalue weighted by Gasteiger charge is -2.30. The van der Waals surface area contributed by atoms with Crippen molar-refractivity contribution >= 4 is 37.7 Å². The average molecular weight is 658 g/mol. The van der Waals surface area contributed by atoms with E-state index in [0.29, 0.717) is 35.7 Å². The molecule has 3 atom stereocenters. The van der Waals surface area contributed by atoms with E-state index < -0.39 is 39.1 Å². The zero-order valence-electron chi connectivity index (χ0n) is 25.3. The lowest BCUT2D eigenvalue weighted by molar-refractivity contribution is 0.107. The number of aryl methyl sites for hydroxylation is 1. The summed E-state index contributed by atoms with van der Waals surface area (Å²) >= 11 is 0. The Morgan fingerprint density at radius 2 is 2.07 bits per heavy atom. The summed E-state index contributed by atoms with van der Waals surface area (Å²) < 4.78 is 81.1. The Balaban J connectivity index is 1.33. The molecular weight excluding hydrogens is 623 g/mol. The van der Waals surface area contributed by atoms with Gasteiger partial charge in [-0.15, -0.1) is 0 Å². The maximum Gasteiger partial charge on any atom is 0.319 e. The van der Waals surface area contributed by atoms with E-state index in [-0.39, 0.29) is 59.4 Å². The molecule has 3 fully saturated rings.